The molecule has 0 atom stereocenters. The van der Waals surface area contributed by atoms with Crippen LogP contribution in [0.25, 0.3) is 16.7 Å². The van der Waals surface area contributed by atoms with Gasteiger partial charge in [0.25, 0.3) is 0 Å². The summed E-state index contributed by atoms with van der Waals surface area (Å²) in [5.74, 6) is 7.22. The Kier molecular flexibility index (Phi) is 4.46. The summed E-state index contributed by atoms with van der Waals surface area (Å²) in [4.78, 5) is 9.03. The quantitative estimate of drug-likeness (QED) is 0.583. The number of rotatable bonds is 3. The number of aromatic nitrogens is 3. The van der Waals surface area contributed by atoms with Crippen molar-refractivity contribution in [1.29, 1.82) is 0 Å². The molecule has 0 aliphatic rings. The Morgan fingerprint density at radius 1 is 0.923 bits per heavy atom. The Bertz CT molecular complexity index is 1090. The third kappa shape index (κ3) is 3.21. The molecule has 2 heterocycles. The molecular weight excluding hydrogens is 320 g/mol. The third-order valence-electron chi connectivity index (χ3n) is 4.11. The van der Waals surface area contributed by atoms with Crippen LogP contribution < -0.4 is 5.73 Å². The van der Waals surface area contributed by atoms with E-state index < -0.39 is 0 Å². The standard InChI is InChI=1S/C22H18N4/c23-14-13-22-25-20-16-17(9-11-18-6-4-5-15-24-18)10-12-21(20)26(22)19-7-2-1-3-8-19/h1-8,10,12,15-16H,13-14,23H2. The minimum absolute atomic E-state index is 0.558. The van der Waals surface area contributed by atoms with Gasteiger partial charge in [-0.05, 0) is 54.9 Å². The number of para-hydroxylation sites is 1. The molecule has 2 aromatic heterocycles. The summed E-state index contributed by atoms with van der Waals surface area (Å²) in [6.45, 7) is 0.558. The van der Waals surface area contributed by atoms with Crippen LogP contribution in [-0.4, -0.2) is 21.1 Å². The maximum absolute atomic E-state index is 5.79. The third-order valence-corrected chi connectivity index (χ3v) is 4.11. The Morgan fingerprint density at radius 3 is 2.54 bits per heavy atom. The molecule has 126 valence electrons. The summed E-state index contributed by atoms with van der Waals surface area (Å²) >= 11 is 0. The SMILES string of the molecule is NCCc1nc2cc(C#Cc3ccccn3)ccc2n1-c1ccccc1. The summed E-state index contributed by atoms with van der Waals surface area (Å²) < 4.78 is 2.16. The minimum Gasteiger partial charge on any atom is -0.330 e. The van der Waals surface area contributed by atoms with Crippen LogP contribution in [0.3, 0.4) is 0 Å². The van der Waals surface area contributed by atoms with Crippen molar-refractivity contribution in [2.45, 2.75) is 6.42 Å². The van der Waals surface area contributed by atoms with Crippen LogP contribution in [0.1, 0.15) is 17.1 Å². The minimum atomic E-state index is 0.558. The number of nitrogens with zero attached hydrogens (tertiary/aromatic N) is 3. The van der Waals surface area contributed by atoms with Gasteiger partial charge in [-0.2, -0.15) is 0 Å². The summed E-state index contributed by atoms with van der Waals surface area (Å²) in [6.07, 6.45) is 2.46. The van der Waals surface area contributed by atoms with Crippen LogP contribution in [0.2, 0.25) is 0 Å². The molecule has 0 saturated heterocycles. The number of hydrogen-bond acceptors (Lipinski definition) is 3. The Labute approximate surface area is 152 Å². The first kappa shape index (κ1) is 16.1. The molecule has 4 nitrogen and oxygen atoms in total. The van der Waals surface area contributed by atoms with Gasteiger partial charge in [0.2, 0.25) is 0 Å². The summed E-state index contributed by atoms with van der Waals surface area (Å²) in [7, 11) is 0. The van der Waals surface area contributed by atoms with Crippen LogP contribution in [-0.2, 0) is 6.42 Å². The van der Waals surface area contributed by atoms with E-state index in [1.165, 1.54) is 0 Å². The molecule has 4 aromatic rings. The van der Waals surface area contributed by atoms with Gasteiger partial charge < -0.3 is 5.73 Å². The highest BCUT2D eigenvalue weighted by atomic mass is 15.1. The average Bonchev–Trinajstić information content (AvgIpc) is 3.05. The van der Waals surface area contributed by atoms with E-state index in [0.717, 1.165) is 40.2 Å². The molecule has 0 radical (unpaired) electrons. The second kappa shape index (κ2) is 7.22. The maximum atomic E-state index is 5.79. The lowest BCUT2D eigenvalue weighted by Gasteiger charge is -2.08. The van der Waals surface area contributed by atoms with Crippen molar-refractivity contribution in [3.8, 4) is 17.5 Å². The van der Waals surface area contributed by atoms with Crippen molar-refractivity contribution < 1.29 is 0 Å². The van der Waals surface area contributed by atoms with E-state index in [2.05, 4.69) is 39.6 Å². The summed E-state index contributed by atoms with van der Waals surface area (Å²) in [5.41, 5.74) is 10.5. The van der Waals surface area contributed by atoms with Crippen molar-refractivity contribution >= 4 is 11.0 Å². The molecule has 0 fully saturated rings. The van der Waals surface area contributed by atoms with Crippen LogP contribution in [0, 0.1) is 11.8 Å². The first-order chi connectivity index (χ1) is 12.8. The zero-order valence-electron chi connectivity index (χ0n) is 14.3. The van der Waals surface area contributed by atoms with Crippen LogP contribution in [0.4, 0.5) is 0 Å². The number of hydrogen-bond donors (Lipinski definition) is 1. The number of fused-ring (bicyclic) bond motifs is 1. The number of pyridine rings is 1. The fourth-order valence-corrected chi connectivity index (χ4v) is 2.94. The maximum Gasteiger partial charge on any atom is 0.115 e. The fourth-order valence-electron chi connectivity index (χ4n) is 2.94. The van der Waals surface area contributed by atoms with Gasteiger partial charge in [0.15, 0.2) is 0 Å². The highest BCUT2D eigenvalue weighted by Gasteiger charge is 2.12. The van der Waals surface area contributed by atoms with E-state index in [-0.39, 0.29) is 0 Å². The van der Waals surface area contributed by atoms with Gasteiger partial charge in [-0.25, -0.2) is 9.97 Å². The van der Waals surface area contributed by atoms with Crippen LogP contribution in [0.5, 0.6) is 0 Å². The highest BCUT2D eigenvalue weighted by molar-refractivity contribution is 5.80. The molecular formula is C22H18N4. The molecule has 2 N–H and O–H groups in total. The van der Waals surface area contributed by atoms with E-state index in [1.807, 2.05) is 48.5 Å². The monoisotopic (exact) mass is 338 g/mol. The average molecular weight is 338 g/mol. The van der Waals surface area contributed by atoms with E-state index in [9.17, 15) is 0 Å². The van der Waals surface area contributed by atoms with E-state index in [1.54, 1.807) is 6.20 Å². The normalized spacial score (nSPS) is 10.5. The van der Waals surface area contributed by atoms with Crippen LogP contribution in [0.15, 0.2) is 72.9 Å². The van der Waals surface area contributed by atoms with Gasteiger partial charge in [0, 0.05) is 23.9 Å². The summed E-state index contributed by atoms with van der Waals surface area (Å²) in [5, 5.41) is 0. The molecule has 0 bridgehead atoms. The molecule has 4 rings (SSSR count). The lowest BCUT2D eigenvalue weighted by Crippen LogP contribution is -2.08. The van der Waals surface area contributed by atoms with Gasteiger partial charge in [0.05, 0.1) is 11.0 Å². The lowest BCUT2D eigenvalue weighted by atomic mass is 10.2. The van der Waals surface area contributed by atoms with Crippen molar-refractivity contribution in [3.63, 3.8) is 0 Å². The molecule has 0 aliphatic heterocycles. The molecule has 0 saturated carbocycles. The number of imidazole rings is 1. The Balaban J connectivity index is 1.79. The van der Waals surface area contributed by atoms with Crippen molar-refractivity contribution in [2.75, 3.05) is 6.54 Å². The Morgan fingerprint density at radius 2 is 1.77 bits per heavy atom. The first-order valence-corrected chi connectivity index (χ1v) is 8.55. The predicted octanol–water partition coefficient (Wildman–Crippen LogP) is 3.32. The molecule has 4 heteroatoms. The molecule has 2 aromatic carbocycles. The van der Waals surface area contributed by atoms with Crippen LogP contribution >= 0.6 is 0 Å². The smallest absolute Gasteiger partial charge is 0.115 e. The van der Waals surface area contributed by atoms with E-state index in [0.29, 0.717) is 6.54 Å². The molecule has 0 aliphatic carbocycles. The molecule has 0 amide bonds. The van der Waals surface area contributed by atoms with E-state index >= 15 is 0 Å². The van der Waals surface area contributed by atoms with Crippen molar-refractivity contribution in [3.05, 3.63) is 90.0 Å². The zero-order chi connectivity index (χ0) is 17.8. The molecule has 0 spiro atoms. The molecule has 26 heavy (non-hydrogen) atoms. The second-order valence-electron chi connectivity index (χ2n) is 5.91. The largest absolute Gasteiger partial charge is 0.330 e. The highest BCUT2D eigenvalue weighted by Crippen LogP contribution is 2.22. The molecule has 0 unspecified atom stereocenters. The zero-order valence-corrected chi connectivity index (χ0v) is 14.3. The second-order valence-corrected chi connectivity index (χ2v) is 5.91. The van der Waals surface area contributed by atoms with Crippen molar-refractivity contribution in [2.24, 2.45) is 5.73 Å². The fraction of sp³-hybridized carbons (Fsp3) is 0.0909. The van der Waals surface area contributed by atoms with Gasteiger partial charge in [-0.1, -0.05) is 30.2 Å². The van der Waals surface area contributed by atoms with Gasteiger partial charge in [-0.3, -0.25) is 4.57 Å². The Hall–Kier alpha value is -3.42. The van der Waals surface area contributed by atoms with Gasteiger partial charge in [-0.15, -0.1) is 0 Å². The topological polar surface area (TPSA) is 56.7 Å². The number of nitrogens with two attached hydrogens (primary N) is 1. The predicted molar refractivity (Wildman–Crippen MR) is 104 cm³/mol. The lowest BCUT2D eigenvalue weighted by molar-refractivity contribution is 0.848. The summed E-state index contributed by atoms with van der Waals surface area (Å²) in [6, 6.07) is 22.0. The van der Waals surface area contributed by atoms with Crippen molar-refractivity contribution in [1.82, 2.24) is 14.5 Å². The first-order valence-electron chi connectivity index (χ1n) is 8.55. The van der Waals surface area contributed by atoms with Gasteiger partial charge in [0.1, 0.15) is 11.5 Å². The number of benzene rings is 2. The van der Waals surface area contributed by atoms with E-state index in [4.69, 9.17) is 10.7 Å². The van der Waals surface area contributed by atoms with Gasteiger partial charge >= 0.3 is 0 Å².